The minimum absolute atomic E-state index is 0.688. The molecule has 0 radical (unpaired) electrons. The van der Waals surface area contributed by atoms with Crippen LogP contribution in [-0.4, -0.2) is 38.1 Å². The first-order valence-electron chi connectivity index (χ1n) is 5.58. The zero-order chi connectivity index (χ0) is 9.68. The molecule has 0 aliphatic carbocycles. The number of hydrogen-bond donors (Lipinski definition) is 1. The smallest absolute Gasteiger partial charge is 0.00383 e. The van der Waals surface area contributed by atoms with Crippen LogP contribution in [0.15, 0.2) is 0 Å². The van der Waals surface area contributed by atoms with Gasteiger partial charge in [0.1, 0.15) is 0 Å². The SMILES string of the molecule is CNC(C)CC1CCCN(C)CC1. The second kappa shape index (κ2) is 5.61. The largest absolute Gasteiger partial charge is 0.317 e. The molecule has 1 aliphatic rings. The number of rotatable bonds is 3. The van der Waals surface area contributed by atoms with E-state index in [1.54, 1.807) is 0 Å². The van der Waals surface area contributed by atoms with Gasteiger partial charge in [-0.1, -0.05) is 0 Å². The van der Waals surface area contributed by atoms with Crippen LogP contribution in [0.2, 0.25) is 0 Å². The van der Waals surface area contributed by atoms with Gasteiger partial charge in [0, 0.05) is 6.04 Å². The third kappa shape index (κ3) is 4.10. The maximum atomic E-state index is 3.33. The molecule has 2 unspecified atom stereocenters. The highest BCUT2D eigenvalue weighted by Gasteiger charge is 2.16. The van der Waals surface area contributed by atoms with Crippen molar-refractivity contribution in [2.45, 2.75) is 38.6 Å². The van der Waals surface area contributed by atoms with Crippen molar-refractivity contribution in [3.8, 4) is 0 Å². The molecule has 2 atom stereocenters. The van der Waals surface area contributed by atoms with Gasteiger partial charge in [-0.25, -0.2) is 0 Å². The van der Waals surface area contributed by atoms with Crippen molar-refractivity contribution in [3.05, 3.63) is 0 Å². The lowest BCUT2D eigenvalue weighted by atomic mass is 9.93. The first-order chi connectivity index (χ1) is 6.22. The van der Waals surface area contributed by atoms with E-state index >= 15 is 0 Å². The third-order valence-electron chi connectivity index (χ3n) is 3.25. The first kappa shape index (κ1) is 11.0. The summed E-state index contributed by atoms with van der Waals surface area (Å²) in [5, 5.41) is 3.33. The molecular formula is C11H24N2. The van der Waals surface area contributed by atoms with Crippen LogP contribution in [0.1, 0.15) is 32.6 Å². The predicted molar refractivity (Wildman–Crippen MR) is 58.0 cm³/mol. The third-order valence-corrected chi connectivity index (χ3v) is 3.25. The highest BCUT2D eigenvalue weighted by atomic mass is 15.1. The Hall–Kier alpha value is -0.0800. The highest BCUT2D eigenvalue weighted by molar-refractivity contribution is 4.71. The van der Waals surface area contributed by atoms with Gasteiger partial charge in [0.05, 0.1) is 0 Å². The van der Waals surface area contributed by atoms with Crippen molar-refractivity contribution < 1.29 is 0 Å². The monoisotopic (exact) mass is 184 g/mol. The lowest BCUT2D eigenvalue weighted by molar-refractivity contribution is 0.331. The van der Waals surface area contributed by atoms with Crippen LogP contribution in [0, 0.1) is 5.92 Å². The van der Waals surface area contributed by atoms with Crippen LogP contribution in [0.25, 0.3) is 0 Å². The first-order valence-corrected chi connectivity index (χ1v) is 5.58. The quantitative estimate of drug-likeness (QED) is 0.718. The lowest BCUT2D eigenvalue weighted by Crippen LogP contribution is -2.25. The van der Waals surface area contributed by atoms with Gasteiger partial charge in [0.15, 0.2) is 0 Å². The second-order valence-corrected chi connectivity index (χ2v) is 4.53. The molecule has 2 heteroatoms. The average molecular weight is 184 g/mol. The molecular weight excluding hydrogens is 160 g/mol. The Morgan fingerprint density at radius 2 is 2.15 bits per heavy atom. The fourth-order valence-electron chi connectivity index (χ4n) is 2.16. The molecule has 78 valence electrons. The molecule has 1 saturated heterocycles. The van der Waals surface area contributed by atoms with E-state index in [4.69, 9.17) is 0 Å². The molecule has 1 heterocycles. The van der Waals surface area contributed by atoms with E-state index in [1.807, 2.05) is 0 Å². The maximum Gasteiger partial charge on any atom is 0.00383 e. The van der Waals surface area contributed by atoms with Gasteiger partial charge in [0.2, 0.25) is 0 Å². The van der Waals surface area contributed by atoms with Crippen LogP contribution in [0.3, 0.4) is 0 Å². The van der Waals surface area contributed by atoms with E-state index < -0.39 is 0 Å². The maximum absolute atomic E-state index is 3.33. The molecule has 0 spiro atoms. The molecule has 0 aromatic heterocycles. The summed E-state index contributed by atoms with van der Waals surface area (Å²) in [6, 6.07) is 0.688. The van der Waals surface area contributed by atoms with Crippen LogP contribution in [0.4, 0.5) is 0 Å². The fourth-order valence-corrected chi connectivity index (χ4v) is 2.16. The number of nitrogens with one attached hydrogen (secondary N) is 1. The van der Waals surface area contributed by atoms with Crippen LogP contribution in [0.5, 0.6) is 0 Å². The van der Waals surface area contributed by atoms with Crippen molar-refractivity contribution >= 4 is 0 Å². The molecule has 0 aromatic rings. The molecule has 1 rings (SSSR count). The molecule has 13 heavy (non-hydrogen) atoms. The van der Waals surface area contributed by atoms with Crippen molar-refractivity contribution in [3.63, 3.8) is 0 Å². The van der Waals surface area contributed by atoms with Gasteiger partial charge >= 0.3 is 0 Å². The molecule has 1 N–H and O–H groups in total. The standard InChI is InChI=1S/C11H24N2/c1-10(12-2)9-11-5-4-7-13(3)8-6-11/h10-12H,4-9H2,1-3H3. The molecule has 0 aromatic carbocycles. The van der Waals surface area contributed by atoms with Crippen LogP contribution >= 0.6 is 0 Å². The number of likely N-dealkylation sites (tertiary alicyclic amines) is 1. The Kier molecular flexibility index (Phi) is 4.74. The summed E-state index contributed by atoms with van der Waals surface area (Å²) in [5.41, 5.74) is 0. The van der Waals surface area contributed by atoms with E-state index in [0.717, 1.165) is 5.92 Å². The molecule has 2 nitrogen and oxygen atoms in total. The average Bonchev–Trinajstić information content (AvgIpc) is 2.31. The number of hydrogen-bond acceptors (Lipinski definition) is 2. The van der Waals surface area contributed by atoms with Gasteiger partial charge in [-0.2, -0.15) is 0 Å². The molecule has 0 saturated carbocycles. The van der Waals surface area contributed by atoms with Crippen molar-refractivity contribution in [2.24, 2.45) is 5.92 Å². The van der Waals surface area contributed by atoms with E-state index in [1.165, 1.54) is 38.8 Å². The van der Waals surface area contributed by atoms with Gasteiger partial charge in [-0.15, -0.1) is 0 Å². The predicted octanol–water partition coefficient (Wildman–Crippen LogP) is 1.72. The van der Waals surface area contributed by atoms with Gasteiger partial charge < -0.3 is 10.2 Å². The van der Waals surface area contributed by atoms with Crippen molar-refractivity contribution in [1.82, 2.24) is 10.2 Å². The summed E-state index contributed by atoms with van der Waals surface area (Å²) in [4.78, 5) is 2.46. The minimum atomic E-state index is 0.688. The summed E-state index contributed by atoms with van der Waals surface area (Å²) in [6.45, 7) is 4.88. The number of nitrogens with zero attached hydrogens (tertiary/aromatic N) is 1. The zero-order valence-corrected chi connectivity index (χ0v) is 9.34. The Morgan fingerprint density at radius 3 is 2.85 bits per heavy atom. The molecule has 0 bridgehead atoms. The van der Waals surface area contributed by atoms with Crippen molar-refractivity contribution in [2.75, 3.05) is 27.2 Å². The fraction of sp³-hybridized carbons (Fsp3) is 1.00. The summed E-state index contributed by atoms with van der Waals surface area (Å²) < 4.78 is 0. The van der Waals surface area contributed by atoms with Crippen molar-refractivity contribution in [1.29, 1.82) is 0 Å². The zero-order valence-electron chi connectivity index (χ0n) is 9.34. The van der Waals surface area contributed by atoms with Gasteiger partial charge in [0.25, 0.3) is 0 Å². The van der Waals surface area contributed by atoms with E-state index in [-0.39, 0.29) is 0 Å². The normalized spacial score (nSPS) is 28.4. The van der Waals surface area contributed by atoms with Crippen LogP contribution < -0.4 is 5.32 Å². The van der Waals surface area contributed by atoms with E-state index in [9.17, 15) is 0 Å². The lowest BCUT2D eigenvalue weighted by Gasteiger charge is -2.18. The minimum Gasteiger partial charge on any atom is -0.317 e. The summed E-state index contributed by atoms with van der Waals surface area (Å²) in [5.74, 6) is 0.951. The second-order valence-electron chi connectivity index (χ2n) is 4.53. The summed E-state index contributed by atoms with van der Waals surface area (Å²) in [6.07, 6.45) is 5.56. The molecule has 0 amide bonds. The molecule has 1 aliphatic heterocycles. The van der Waals surface area contributed by atoms with E-state index in [2.05, 4.69) is 31.2 Å². The highest BCUT2D eigenvalue weighted by Crippen LogP contribution is 2.21. The Labute approximate surface area is 82.7 Å². The van der Waals surface area contributed by atoms with Gasteiger partial charge in [-0.3, -0.25) is 0 Å². The molecule has 1 fully saturated rings. The topological polar surface area (TPSA) is 15.3 Å². The Morgan fingerprint density at radius 1 is 1.38 bits per heavy atom. The Balaban J connectivity index is 2.25. The summed E-state index contributed by atoms with van der Waals surface area (Å²) in [7, 11) is 4.30. The van der Waals surface area contributed by atoms with Crippen LogP contribution in [-0.2, 0) is 0 Å². The van der Waals surface area contributed by atoms with Gasteiger partial charge in [-0.05, 0) is 65.7 Å². The summed E-state index contributed by atoms with van der Waals surface area (Å²) >= 11 is 0. The Bertz CT molecular complexity index is 136. The van der Waals surface area contributed by atoms with E-state index in [0.29, 0.717) is 6.04 Å².